The molecule has 0 bridgehead atoms. The van der Waals surface area contributed by atoms with E-state index >= 15 is 0 Å². The van der Waals surface area contributed by atoms with Crippen LogP contribution in [0.2, 0.25) is 0 Å². The zero-order valence-electron chi connectivity index (χ0n) is 18.4. The molecular formula is C26H27N5O. The monoisotopic (exact) mass is 425 g/mol. The van der Waals surface area contributed by atoms with Gasteiger partial charge in [-0.3, -0.25) is 9.97 Å². The van der Waals surface area contributed by atoms with Crippen molar-refractivity contribution in [2.75, 3.05) is 25.0 Å². The Morgan fingerprint density at radius 1 is 1.00 bits per heavy atom. The Labute approximate surface area is 188 Å². The molecule has 0 saturated carbocycles. The van der Waals surface area contributed by atoms with Crippen LogP contribution in [0.15, 0.2) is 67.1 Å². The minimum atomic E-state index is -0.404. The van der Waals surface area contributed by atoms with Crippen LogP contribution in [0.25, 0.3) is 21.9 Å². The Morgan fingerprint density at radius 3 is 2.62 bits per heavy atom. The average Bonchev–Trinajstić information content (AvgIpc) is 2.83. The van der Waals surface area contributed by atoms with E-state index in [4.69, 9.17) is 9.72 Å². The number of hydrogen-bond acceptors (Lipinski definition) is 6. The van der Waals surface area contributed by atoms with Gasteiger partial charge in [0.25, 0.3) is 0 Å². The zero-order chi connectivity index (χ0) is 22.0. The second-order valence-electron chi connectivity index (χ2n) is 8.44. The number of rotatable bonds is 5. The molecule has 0 spiro atoms. The molecule has 6 nitrogen and oxygen atoms in total. The quantitative estimate of drug-likeness (QED) is 0.492. The highest BCUT2D eigenvalue weighted by Crippen LogP contribution is 2.29. The van der Waals surface area contributed by atoms with E-state index in [2.05, 4.69) is 63.9 Å². The van der Waals surface area contributed by atoms with E-state index in [-0.39, 0.29) is 0 Å². The molecule has 3 aromatic heterocycles. The molecule has 0 aliphatic carbocycles. The molecule has 4 aromatic rings. The number of anilines is 1. The van der Waals surface area contributed by atoms with Crippen molar-refractivity contribution < 1.29 is 4.74 Å². The lowest BCUT2D eigenvalue weighted by molar-refractivity contribution is -0.0600. The van der Waals surface area contributed by atoms with Crippen molar-refractivity contribution >= 4 is 16.6 Å². The number of pyridine rings is 3. The first-order valence-corrected chi connectivity index (χ1v) is 11.0. The summed E-state index contributed by atoms with van der Waals surface area (Å²) in [5.41, 5.74) is 5.12. The van der Waals surface area contributed by atoms with Gasteiger partial charge in [0.15, 0.2) is 0 Å². The molecule has 6 heteroatoms. The summed E-state index contributed by atoms with van der Waals surface area (Å²) in [5, 5.41) is 8.98. The van der Waals surface area contributed by atoms with Crippen LogP contribution in [0.3, 0.4) is 0 Å². The third-order valence-corrected chi connectivity index (χ3v) is 6.00. The number of aryl methyl sites for hydroxylation is 1. The van der Waals surface area contributed by atoms with Crippen LogP contribution in [0.1, 0.15) is 23.9 Å². The molecule has 162 valence electrons. The summed E-state index contributed by atoms with van der Waals surface area (Å²) in [4.78, 5) is 13.5. The van der Waals surface area contributed by atoms with Crippen molar-refractivity contribution in [3.05, 3.63) is 84.1 Å². The van der Waals surface area contributed by atoms with Gasteiger partial charge in [0.1, 0.15) is 11.4 Å². The Bertz CT molecular complexity index is 1230. The lowest BCUT2D eigenvalue weighted by Gasteiger charge is -2.34. The van der Waals surface area contributed by atoms with Crippen molar-refractivity contribution in [1.29, 1.82) is 0 Å². The Balaban J connectivity index is 1.33. The predicted octanol–water partition coefficient (Wildman–Crippen LogP) is 4.45. The van der Waals surface area contributed by atoms with E-state index in [0.29, 0.717) is 13.2 Å². The van der Waals surface area contributed by atoms with Crippen molar-refractivity contribution in [3.8, 4) is 11.1 Å². The SMILES string of the molecule is Cc1cc(-c2ccc(CNc3nccc4cc(C5(C)CNCCO5)ncc34)cc2)ccn1. The standard InChI is InChI=1S/C26H27N5O/c1-18-13-21(7-9-28-18)20-5-3-19(4-6-20)15-31-25-23-16-30-24(14-22(23)8-10-29-25)26(2)17-27-11-12-32-26/h3-10,13-14,16,27H,11-12,15,17H2,1-2H3,(H,29,31). The summed E-state index contributed by atoms with van der Waals surface area (Å²) in [6, 6.07) is 16.9. The molecule has 2 N–H and O–H groups in total. The number of benzene rings is 1. The predicted molar refractivity (Wildman–Crippen MR) is 127 cm³/mol. The van der Waals surface area contributed by atoms with Gasteiger partial charge in [-0.1, -0.05) is 24.3 Å². The van der Waals surface area contributed by atoms with Crippen molar-refractivity contribution in [2.24, 2.45) is 0 Å². The fraction of sp³-hybridized carbons (Fsp3) is 0.269. The highest BCUT2D eigenvalue weighted by atomic mass is 16.5. The largest absolute Gasteiger partial charge is 0.366 e. The Kier molecular flexibility index (Phi) is 5.55. The van der Waals surface area contributed by atoms with Gasteiger partial charge in [-0.25, -0.2) is 4.98 Å². The molecule has 1 aliphatic rings. The van der Waals surface area contributed by atoms with Gasteiger partial charge >= 0.3 is 0 Å². The number of fused-ring (bicyclic) bond motifs is 1. The minimum absolute atomic E-state index is 0.404. The number of nitrogens with one attached hydrogen (secondary N) is 2. The highest BCUT2D eigenvalue weighted by Gasteiger charge is 2.31. The third kappa shape index (κ3) is 4.20. The first-order valence-electron chi connectivity index (χ1n) is 11.0. The number of nitrogens with zero attached hydrogens (tertiary/aromatic N) is 3. The Morgan fingerprint density at radius 2 is 1.84 bits per heavy atom. The van der Waals surface area contributed by atoms with E-state index in [9.17, 15) is 0 Å². The lowest BCUT2D eigenvalue weighted by atomic mass is 9.98. The molecule has 1 saturated heterocycles. The van der Waals surface area contributed by atoms with Gasteiger partial charge in [0.2, 0.25) is 0 Å². The van der Waals surface area contributed by atoms with Gasteiger partial charge in [0.05, 0.1) is 12.3 Å². The second kappa shape index (κ2) is 8.65. The van der Waals surface area contributed by atoms with Crippen molar-refractivity contribution in [2.45, 2.75) is 26.0 Å². The van der Waals surface area contributed by atoms with Gasteiger partial charge in [-0.05, 0) is 60.2 Å². The number of ether oxygens (including phenoxy) is 1. The van der Waals surface area contributed by atoms with Crippen LogP contribution in [0, 0.1) is 6.92 Å². The van der Waals surface area contributed by atoms with E-state index in [1.54, 1.807) is 0 Å². The van der Waals surface area contributed by atoms with Gasteiger partial charge < -0.3 is 15.4 Å². The maximum atomic E-state index is 6.02. The summed E-state index contributed by atoms with van der Waals surface area (Å²) >= 11 is 0. The lowest BCUT2D eigenvalue weighted by Crippen LogP contribution is -2.45. The topological polar surface area (TPSA) is 72.0 Å². The third-order valence-electron chi connectivity index (χ3n) is 6.00. The summed E-state index contributed by atoms with van der Waals surface area (Å²) in [5.74, 6) is 0.836. The van der Waals surface area contributed by atoms with E-state index < -0.39 is 5.60 Å². The first kappa shape index (κ1) is 20.5. The van der Waals surface area contributed by atoms with Crippen LogP contribution in [0.5, 0.6) is 0 Å². The number of aromatic nitrogens is 3. The van der Waals surface area contributed by atoms with Gasteiger partial charge in [-0.2, -0.15) is 0 Å². The molecule has 1 atom stereocenters. The van der Waals surface area contributed by atoms with E-state index in [1.807, 2.05) is 37.6 Å². The molecule has 1 aromatic carbocycles. The highest BCUT2D eigenvalue weighted by molar-refractivity contribution is 5.91. The molecular weight excluding hydrogens is 398 g/mol. The molecule has 1 unspecified atom stereocenters. The fourth-order valence-corrected chi connectivity index (χ4v) is 4.12. The number of hydrogen-bond donors (Lipinski definition) is 2. The normalized spacial score (nSPS) is 18.6. The van der Waals surface area contributed by atoms with Crippen LogP contribution in [0.4, 0.5) is 5.82 Å². The Hall–Kier alpha value is -3.35. The van der Waals surface area contributed by atoms with Crippen LogP contribution >= 0.6 is 0 Å². The molecule has 1 aliphatic heterocycles. The minimum Gasteiger partial charge on any atom is -0.366 e. The van der Waals surface area contributed by atoms with E-state index in [1.165, 1.54) is 16.7 Å². The maximum Gasteiger partial charge on any atom is 0.135 e. The van der Waals surface area contributed by atoms with Gasteiger partial charge in [0, 0.05) is 49.3 Å². The summed E-state index contributed by atoms with van der Waals surface area (Å²) < 4.78 is 6.02. The molecule has 4 heterocycles. The molecule has 0 radical (unpaired) electrons. The smallest absolute Gasteiger partial charge is 0.135 e. The summed E-state index contributed by atoms with van der Waals surface area (Å²) in [6.07, 6.45) is 5.59. The summed E-state index contributed by atoms with van der Waals surface area (Å²) in [7, 11) is 0. The maximum absolute atomic E-state index is 6.02. The molecule has 0 amide bonds. The molecule has 32 heavy (non-hydrogen) atoms. The molecule has 5 rings (SSSR count). The van der Waals surface area contributed by atoms with Crippen LogP contribution in [-0.4, -0.2) is 34.6 Å². The van der Waals surface area contributed by atoms with Gasteiger partial charge in [-0.15, -0.1) is 0 Å². The van der Waals surface area contributed by atoms with Crippen LogP contribution < -0.4 is 10.6 Å². The van der Waals surface area contributed by atoms with Crippen molar-refractivity contribution in [1.82, 2.24) is 20.3 Å². The average molecular weight is 426 g/mol. The van der Waals surface area contributed by atoms with Crippen molar-refractivity contribution in [3.63, 3.8) is 0 Å². The van der Waals surface area contributed by atoms with E-state index in [0.717, 1.165) is 41.1 Å². The molecule has 1 fully saturated rings. The fourth-order valence-electron chi connectivity index (χ4n) is 4.12. The number of morpholine rings is 1. The zero-order valence-corrected chi connectivity index (χ0v) is 18.4. The summed E-state index contributed by atoms with van der Waals surface area (Å²) in [6.45, 7) is 7.12. The first-order chi connectivity index (χ1) is 15.6. The van der Waals surface area contributed by atoms with Crippen LogP contribution in [-0.2, 0) is 16.9 Å². The second-order valence-corrected chi connectivity index (χ2v) is 8.44.